The summed E-state index contributed by atoms with van der Waals surface area (Å²) >= 11 is 0. The Morgan fingerprint density at radius 2 is 1.95 bits per heavy atom. The van der Waals surface area contributed by atoms with Gasteiger partial charge in [-0.15, -0.1) is 12.4 Å². The number of rotatable bonds is 5. The normalized spacial score (nSPS) is 15.2. The van der Waals surface area contributed by atoms with Crippen LogP contribution in [0.15, 0.2) is 24.3 Å². The van der Waals surface area contributed by atoms with Gasteiger partial charge in [-0.25, -0.2) is 0 Å². The van der Waals surface area contributed by atoms with Gasteiger partial charge in [-0.1, -0.05) is 0 Å². The summed E-state index contributed by atoms with van der Waals surface area (Å²) < 4.78 is 11.0. The molecule has 0 unspecified atom stereocenters. The first kappa shape index (κ1) is 16.8. The molecule has 0 aromatic heterocycles. The summed E-state index contributed by atoms with van der Waals surface area (Å²) in [6.07, 6.45) is 2.12. The second-order valence-electron chi connectivity index (χ2n) is 4.64. The van der Waals surface area contributed by atoms with Gasteiger partial charge in [0, 0.05) is 18.9 Å². The molecule has 1 saturated heterocycles. The predicted octanol–water partition coefficient (Wildman–Crippen LogP) is 1.81. The van der Waals surface area contributed by atoms with E-state index in [9.17, 15) is 4.79 Å². The molecule has 3 N–H and O–H groups in total. The SMILES string of the molecule is Cl.NCC(=O)Nc1ccc(OCC2CCOCC2)cc1. The van der Waals surface area contributed by atoms with Gasteiger partial charge >= 0.3 is 0 Å². The maximum atomic E-state index is 11.1. The van der Waals surface area contributed by atoms with Crippen molar-refractivity contribution in [2.75, 3.05) is 31.7 Å². The van der Waals surface area contributed by atoms with E-state index in [0.29, 0.717) is 5.92 Å². The van der Waals surface area contributed by atoms with Crippen LogP contribution >= 0.6 is 12.4 Å². The number of carbonyl (C=O) groups excluding carboxylic acids is 1. The lowest BCUT2D eigenvalue weighted by Gasteiger charge is -2.22. The first-order chi connectivity index (χ1) is 9.28. The van der Waals surface area contributed by atoms with Gasteiger partial charge in [0.15, 0.2) is 0 Å². The van der Waals surface area contributed by atoms with Gasteiger partial charge in [0.2, 0.25) is 5.91 Å². The number of ether oxygens (including phenoxy) is 2. The summed E-state index contributed by atoms with van der Waals surface area (Å²) in [6, 6.07) is 7.33. The lowest BCUT2D eigenvalue weighted by Crippen LogP contribution is -2.22. The number of amides is 1. The molecule has 0 bridgehead atoms. The number of nitrogens with one attached hydrogen (secondary N) is 1. The average Bonchev–Trinajstić information content (AvgIpc) is 2.47. The van der Waals surface area contributed by atoms with Crippen molar-refractivity contribution < 1.29 is 14.3 Å². The topological polar surface area (TPSA) is 73.6 Å². The molecule has 1 aliphatic heterocycles. The monoisotopic (exact) mass is 300 g/mol. The van der Waals surface area contributed by atoms with Gasteiger partial charge in [0.1, 0.15) is 5.75 Å². The zero-order chi connectivity index (χ0) is 13.5. The smallest absolute Gasteiger partial charge is 0.238 e. The third-order valence-corrected chi connectivity index (χ3v) is 3.15. The molecule has 6 heteroatoms. The summed E-state index contributed by atoms with van der Waals surface area (Å²) in [6.45, 7) is 2.37. The first-order valence-electron chi connectivity index (χ1n) is 6.58. The largest absolute Gasteiger partial charge is 0.493 e. The van der Waals surface area contributed by atoms with Crippen molar-refractivity contribution in [2.24, 2.45) is 11.7 Å². The number of anilines is 1. The fraction of sp³-hybridized carbons (Fsp3) is 0.500. The lowest BCUT2D eigenvalue weighted by molar-refractivity contribution is -0.114. The van der Waals surface area contributed by atoms with Gasteiger partial charge in [-0.2, -0.15) is 0 Å². The third kappa shape index (κ3) is 5.36. The third-order valence-electron chi connectivity index (χ3n) is 3.15. The van der Waals surface area contributed by atoms with E-state index in [2.05, 4.69) is 5.32 Å². The lowest BCUT2D eigenvalue weighted by atomic mass is 10.0. The van der Waals surface area contributed by atoms with E-state index in [1.807, 2.05) is 24.3 Å². The highest BCUT2D eigenvalue weighted by atomic mass is 35.5. The molecular formula is C14H21ClN2O3. The fourth-order valence-electron chi connectivity index (χ4n) is 1.97. The van der Waals surface area contributed by atoms with Gasteiger partial charge in [0.25, 0.3) is 0 Å². The van der Waals surface area contributed by atoms with E-state index in [4.69, 9.17) is 15.2 Å². The van der Waals surface area contributed by atoms with E-state index in [1.54, 1.807) is 0 Å². The molecule has 1 aromatic rings. The average molecular weight is 301 g/mol. The van der Waals surface area contributed by atoms with Crippen LogP contribution in [0.3, 0.4) is 0 Å². The number of benzene rings is 1. The van der Waals surface area contributed by atoms with Gasteiger partial charge in [-0.05, 0) is 43.0 Å². The van der Waals surface area contributed by atoms with Crippen molar-refractivity contribution in [2.45, 2.75) is 12.8 Å². The Bertz CT molecular complexity index is 405. The quantitative estimate of drug-likeness (QED) is 0.870. The zero-order valence-electron chi connectivity index (χ0n) is 11.3. The Kier molecular flexibility index (Phi) is 7.36. The first-order valence-corrected chi connectivity index (χ1v) is 6.58. The van der Waals surface area contributed by atoms with Gasteiger partial charge in [0.05, 0.1) is 13.2 Å². The molecule has 0 radical (unpaired) electrons. The number of nitrogens with two attached hydrogens (primary N) is 1. The van der Waals surface area contributed by atoms with Crippen LogP contribution in [0.4, 0.5) is 5.69 Å². The van der Waals surface area contributed by atoms with Crippen LogP contribution in [-0.4, -0.2) is 32.3 Å². The highest BCUT2D eigenvalue weighted by Crippen LogP contribution is 2.19. The zero-order valence-corrected chi connectivity index (χ0v) is 12.2. The van der Waals surface area contributed by atoms with E-state index >= 15 is 0 Å². The fourth-order valence-corrected chi connectivity index (χ4v) is 1.97. The minimum absolute atomic E-state index is 0. The second kappa shape index (κ2) is 8.79. The number of carbonyl (C=O) groups is 1. The highest BCUT2D eigenvalue weighted by Gasteiger charge is 2.14. The molecule has 5 nitrogen and oxygen atoms in total. The van der Waals surface area contributed by atoms with E-state index in [0.717, 1.165) is 44.1 Å². The number of hydrogen-bond donors (Lipinski definition) is 2. The van der Waals surface area contributed by atoms with Crippen molar-refractivity contribution in [1.82, 2.24) is 0 Å². The molecule has 112 valence electrons. The van der Waals surface area contributed by atoms with Crippen molar-refractivity contribution >= 4 is 24.0 Å². The molecule has 2 rings (SSSR count). The molecule has 0 saturated carbocycles. The molecule has 1 aliphatic rings. The molecule has 1 amide bonds. The second-order valence-corrected chi connectivity index (χ2v) is 4.64. The Morgan fingerprint density at radius 1 is 1.30 bits per heavy atom. The maximum absolute atomic E-state index is 11.1. The van der Waals surface area contributed by atoms with E-state index in [-0.39, 0.29) is 24.9 Å². The molecule has 0 spiro atoms. The van der Waals surface area contributed by atoms with Gasteiger partial charge < -0.3 is 20.5 Å². The molecule has 0 atom stereocenters. The van der Waals surface area contributed by atoms with E-state index in [1.165, 1.54) is 0 Å². The summed E-state index contributed by atoms with van der Waals surface area (Å²) in [5, 5.41) is 2.69. The highest BCUT2D eigenvalue weighted by molar-refractivity contribution is 5.92. The Hall–Kier alpha value is -1.30. The van der Waals surface area contributed by atoms with Crippen LogP contribution in [-0.2, 0) is 9.53 Å². The minimum atomic E-state index is -0.198. The van der Waals surface area contributed by atoms with Crippen molar-refractivity contribution in [3.05, 3.63) is 24.3 Å². The number of hydrogen-bond acceptors (Lipinski definition) is 4. The van der Waals surface area contributed by atoms with Crippen molar-refractivity contribution in [3.8, 4) is 5.75 Å². The maximum Gasteiger partial charge on any atom is 0.238 e. The minimum Gasteiger partial charge on any atom is -0.493 e. The number of halogens is 1. The Balaban J connectivity index is 0.00000200. The molecule has 20 heavy (non-hydrogen) atoms. The van der Waals surface area contributed by atoms with Crippen molar-refractivity contribution in [1.29, 1.82) is 0 Å². The predicted molar refractivity (Wildman–Crippen MR) is 80.4 cm³/mol. The summed E-state index contributed by atoms with van der Waals surface area (Å²) in [4.78, 5) is 11.1. The van der Waals surface area contributed by atoms with Crippen LogP contribution < -0.4 is 15.8 Å². The van der Waals surface area contributed by atoms with Crippen LogP contribution in [0.2, 0.25) is 0 Å². The Morgan fingerprint density at radius 3 is 2.55 bits per heavy atom. The van der Waals surface area contributed by atoms with Crippen LogP contribution in [0, 0.1) is 5.92 Å². The van der Waals surface area contributed by atoms with Crippen molar-refractivity contribution in [3.63, 3.8) is 0 Å². The molecule has 1 aromatic carbocycles. The Labute approximate surface area is 125 Å². The van der Waals surface area contributed by atoms with Crippen LogP contribution in [0.1, 0.15) is 12.8 Å². The van der Waals surface area contributed by atoms with Crippen LogP contribution in [0.5, 0.6) is 5.75 Å². The summed E-state index contributed by atoms with van der Waals surface area (Å²) in [5.74, 6) is 1.19. The van der Waals surface area contributed by atoms with Crippen LogP contribution in [0.25, 0.3) is 0 Å². The molecule has 1 fully saturated rings. The van der Waals surface area contributed by atoms with Gasteiger partial charge in [-0.3, -0.25) is 4.79 Å². The summed E-state index contributed by atoms with van der Waals surface area (Å²) in [5.41, 5.74) is 5.96. The summed E-state index contributed by atoms with van der Waals surface area (Å²) in [7, 11) is 0. The standard InChI is InChI=1S/C14H20N2O3.ClH/c15-9-14(17)16-12-1-3-13(4-2-12)19-10-11-5-7-18-8-6-11;/h1-4,11H,5-10,15H2,(H,16,17);1H. The van der Waals surface area contributed by atoms with E-state index < -0.39 is 0 Å². The molecule has 0 aliphatic carbocycles. The molecule has 1 heterocycles. The molecular weight excluding hydrogens is 280 g/mol.